The smallest absolute Gasteiger partial charge is 0.321 e. The van der Waals surface area contributed by atoms with Crippen LogP contribution in [0.15, 0.2) is 22.7 Å². The van der Waals surface area contributed by atoms with Crippen molar-refractivity contribution in [3.05, 3.63) is 35.5 Å². The highest BCUT2D eigenvalue weighted by Gasteiger charge is 2.26. The summed E-state index contributed by atoms with van der Waals surface area (Å²) in [4.78, 5) is 18.8. The van der Waals surface area contributed by atoms with Crippen LogP contribution in [0.4, 0.5) is 10.5 Å². The molecule has 0 spiro atoms. The average Bonchev–Trinajstić information content (AvgIpc) is 3.01. The van der Waals surface area contributed by atoms with Crippen LogP contribution in [-0.4, -0.2) is 41.3 Å². The van der Waals surface area contributed by atoms with E-state index in [4.69, 9.17) is 9.26 Å². The van der Waals surface area contributed by atoms with Gasteiger partial charge in [-0.05, 0) is 37.3 Å². The van der Waals surface area contributed by atoms with E-state index < -0.39 is 0 Å². The standard InChI is InChI=1S/C18H24N4O3/c1-12-6-4-8-15(24-3)17(12)20-18(23)22-9-5-7-14(11-22)10-16-19-13(2)25-21-16/h4,6,8,14H,5,7,9-11H2,1-3H3,(H,20,23)/t14-/m0/s1. The van der Waals surface area contributed by atoms with Gasteiger partial charge in [-0.15, -0.1) is 0 Å². The van der Waals surface area contributed by atoms with E-state index in [0.29, 0.717) is 29.9 Å². The number of nitrogens with one attached hydrogen (secondary N) is 1. The molecule has 7 heteroatoms. The van der Waals surface area contributed by atoms with Crippen molar-refractivity contribution in [3.8, 4) is 5.75 Å². The SMILES string of the molecule is COc1cccc(C)c1NC(=O)N1CCC[C@@H](Cc2noc(C)n2)C1. The summed E-state index contributed by atoms with van der Waals surface area (Å²) in [5.41, 5.74) is 1.70. The average molecular weight is 344 g/mol. The molecule has 0 unspecified atom stereocenters. The van der Waals surface area contributed by atoms with Crippen molar-refractivity contribution >= 4 is 11.7 Å². The Bertz CT molecular complexity index is 744. The first-order valence-electron chi connectivity index (χ1n) is 8.55. The van der Waals surface area contributed by atoms with Gasteiger partial charge in [0.2, 0.25) is 5.89 Å². The summed E-state index contributed by atoms with van der Waals surface area (Å²) in [6, 6.07) is 5.62. The van der Waals surface area contributed by atoms with Gasteiger partial charge in [0.05, 0.1) is 12.8 Å². The molecule has 2 heterocycles. The number of likely N-dealkylation sites (tertiary alicyclic amines) is 1. The second-order valence-corrected chi connectivity index (χ2v) is 6.47. The van der Waals surface area contributed by atoms with Crippen molar-refractivity contribution < 1.29 is 14.1 Å². The summed E-state index contributed by atoms with van der Waals surface area (Å²) < 4.78 is 10.4. The minimum atomic E-state index is -0.0957. The molecule has 3 rings (SSSR count). The van der Waals surface area contributed by atoms with Crippen LogP contribution in [0.25, 0.3) is 0 Å². The third-order valence-corrected chi connectivity index (χ3v) is 4.53. The number of rotatable bonds is 4. The first-order valence-corrected chi connectivity index (χ1v) is 8.55. The summed E-state index contributed by atoms with van der Waals surface area (Å²) in [6.45, 7) is 5.18. The number of anilines is 1. The number of hydrogen-bond donors (Lipinski definition) is 1. The fourth-order valence-electron chi connectivity index (χ4n) is 3.26. The molecule has 1 aliphatic rings. The maximum atomic E-state index is 12.7. The van der Waals surface area contributed by atoms with Crippen LogP contribution in [0, 0.1) is 19.8 Å². The van der Waals surface area contributed by atoms with Gasteiger partial charge in [0.1, 0.15) is 5.75 Å². The third-order valence-electron chi connectivity index (χ3n) is 4.53. The molecule has 1 saturated heterocycles. The predicted octanol–water partition coefficient (Wildman–Crippen LogP) is 3.18. The number of carbonyl (C=O) groups is 1. The van der Waals surface area contributed by atoms with Gasteiger partial charge in [-0.3, -0.25) is 0 Å². The molecule has 0 aliphatic carbocycles. The molecule has 2 amide bonds. The predicted molar refractivity (Wildman–Crippen MR) is 93.8 cm³/mol. The Balaban J connectivity index is 1.64. The summed E-state index contributed by atoms with van der Waals surface area (Å²) in [5, 5.41) is 6.96. The second kappa shape index (κ2) is 7.55. The van der Waals surface area contributed by atoms with Crippen LogP contribution < -0.4 is 10.1 Å². The van der Waals surface area contributed by atoms with Gasteiger partial charge in [0.15, 0.2) is 5.82 Å². The number of urea groups is 1. The fraction of sp³-hybridized carbons (Fsp3) is 0.500. The molecule has 1 aliphatic heterocycles. The monoisotopic (exact) mass is 344 g/mol. The van der Waals surface area contributed by atoms with Gasteiger partial charge in [-0.25, -0.2) is 4.79 Å². The van der Waals surface area contributed by atoms with Crippen LogP contribution >= 0.6 is 0 Å². The van der Waals surface area contributed by atoms with E-state index in [1.807, 2.05) is 30.0 Å². The van der Waals surface area contributed by atoms with E-state index in [9.17, 15) is 4.79 Å². The lowest BCUT2D eigenvalue weighted by Gasteiger charge is -2.32. The normalized spacial score (nSPS) is 17.4. The minimum absolute atomic E-state index is 0.0957. The number of piperidine rings is 1. The molecule has 7 nitrogen and oxygen atoms in total. The molecule has 25 heavy (non-hydrogen) atoms. The van der Waals surface area contributed by atoms with Gasteiger partial charge in [0, 0.05) is 26.4 Å². The highest BCUT2D eigenvalue weighted by molar-refractivity contribution is 5.92. The Hall–Kier alpha value is -2.57. The Morgan fingerprint density at radius 3 is 3.00 bits per heavy atom. The number of para-hydroxylation sites is 1. The molecular weight excluding hydrogens is 320 g/mol. The van der Waals surface area contributed by atoms with E-state index in [-0.39, 0.29) is 6.03 Å². The fourth-order valence-corrected chi connectivity index (χ4v) is 3.26. The number of ether oxygens (including phenoxy) is 1. The Kier molecular flexibility index (Phi) is 5.21. The zero-order chi connectivity index (χ0) is 17.8. The van der Waals surface area contributed by atoms with E-state index >= 15 is 0 Å². The molecule has 0 saturated carbocycles. The Morgan fingerprint density at radius 1 is 1.44 bits per heavy atom. The first kappa shape index (κ1) is 17.3. The number of aryl methyl sites for hydroxylation is 2. The van der Waals surface area contributed by atoms with Crippen LogP contribution in [0.2, 0.25) is 0 Å². The lowest BCUT2D eigenvalue weighted by molar-refractivity contribution is 0.176. The molecule has 1 fully saturated rings. The maximum absolute atomic E-state index is 12.7. The van der Waals surface area contributed by atoms with Crippen LogP contribution in [0.5, 0.6) is 5.75 Å². The molecule has 134 valence electrons. The van der Waals surface area contributed by atoms with Crippen LogP contribution in [0.1, 0.15) is 30.1 Å². The van der Waals surface area contributed by atoms with E-state index in [1.54, 1.807) is 14.0 Å². The van der Waals surface area contributed by atoms with Gasteiger partial charge in [0.25, 0.3) is 0 Å². The quantitative estimate of drug-likeness (QED) is 0.921. The van der Waals surface area contributed by atoms with E-state index in [2.05, 4.69) is 15.5 Å². The van der Waals surface area contributed by atoms with Crippen LogP contribution in [-0.2, 0) is 6.42 Å². The van der Waals surface area contributed by atoms with Gasteiger partial charge < -0.3 is 19.5 Å². The van der Waals surface area contributed by atoms with Crippen LogP contribution in [0.3, 0.4) is 0 Å². The lowest BCUT2D eigenvalue weighted by atomic mass is 9.95. The van der Waals surface area contributed by atoms with Gasteiger partial charge in [-0.2, -0.15) is 4.98 Å². The number of benzene rings is 1. The van der Waals surface area contributed by atoms with Crippen molar-refractivity contribution in [2.75, 3.05) is 25.5 Å². The summed E-state index contributed by atoms with van der Waals surface area (Å²) in [6.07, 6.45) is 2.76. The molecule has 1 atom stereocenters. The lowest BCUT2D eigenvalue weighted by Crippen LogP contribution is -2.43. The van der Waals surface area contributed by atoms with Crippen molar-refractivity contribution in [1.82, 2.24) is 15.0 Å². The zero-order valence-corrected chi connectivity index (χ0v) is 14.9. The van der Waals surface area contributed by atoms with Gasteiger partial charge >= 0.3 is 6.03 Å². The zero-order valence-electron chi connectivity index (χ0n) is 14.9. The Labute approximate surface area is 147 Å². The van der Waals surface area contributed by atoms with E-state index in [0.717, 1.165) is 37.1 Å². The highest BCUT2D eigenvalue weighted by Crippen LogP contribution is 2.28. The number of amides is 2. The third kappa shape index (κ3) is 4.10. The Morgan fingerprint density at radius 2 is 2.28 bits per heavy atom. The van der Waals surface area contributed by atoms with E-state index in [1.165, 1.54) is 0 Å². The number of methoxy groups -OCH3 is 1. The summed E-state index contributed by atoms with van der Waals surface area (Å²) in [5.74, 6) is 2.30. The molecule has 0 radical (unpaired) electrons. The molecule has 1 aromatic carbocycles. The number of aromatic nitrogens is 2. The second-order valence-electron chi connectivity index (χ2n) is 6.47. The molecule has 1 N–H and O–H groups in total. The number of carbonyl (C=O) groups excluding carboxylic acids is 1. The summed E-state index contributed by atoms with van der Waals surface area (Å²) in [7, 11) is 1.61. The molecular formula is C18H24N4O3. The minimum Gasteiger partial charge on any atom is -0.495 e. The molecule has 0 bridgehead atoms. The van der Waals surface area contributed by atoms with Gasteiger partial charge in [-0.1, -0.05) is 17.3 Å². The molecule has 2 aromatic rings. The number of hydrogen-bond acceptors (Lipinski definition) is 5. The largest absolute Gasteiger partial charge is 0.495 e. The van der Waals surface area contributed by atoms with Crippen molar-refractivity contribution in [1.29, 1.82) is 0 Å². The number of nitrogens with zero attached hydrogens (tertiary/aromatic N) is 3. The van der Waals surface area contributed by atoms with Crippen molar-refractivity contribution in [2.45, 2.75) is 33.1 Å². The van der Waals surface area contributed by atoms with Crippen molar-refractivity contribution in [2.24, 2.45) is 5.92 Å². The first-order chi connectivity index (χ1) is 12.1. The molecule has 1 aromatic heterocycles. The highest BCUT2D eigenvalue weighted by atomic mass is 16.5. The topological polar surface area (TPSA) is 80.5 Å². The maximum Gasteiger partial charge on any atom is 0.321 e. The van der Waals surface area contributed by atoms with Crippen molar-refractivity contribution in [3.63, 3.8) is 0 Å². The summed E-state index contributed by atoms with van der Waals surface area (Å²) >= 11 is 0.